The molecule has 0 radical (unpaired) electrons. The van der Waals surface area contributed by atoms with Crippen molar-refractivity contribution < 1.29 is 9.59 Å². The van der Waals surface area contributed by atoms with E-state index < -0.39 is 0 Å². The molecule has 0 spiro atoms. The number of hydrogen-bond donors (Lipinski definition) is 1. The van der Waals surface area contributed by atoms with Crippen molar-refractivity contribution in [2.75, 3.05) is 32.7 Å². The average Bonchev–Trinajstić information content (AvgIpc) is 2.72. The fourth-order valence-electron chi connectivity index (χ4n) is 2.57. The van der Waals surface area contributed by atoms with Crippen LogP contribution in [0.1, 0.15) is 30.6 Å². The first kappa shape index (κ1) is 16.4. The van der Waals surface area contributed by atoms with Crippen LogP contribution in [0.2, 0.25) is 0 Å². The fourth-order valence-corrected chi connectivity index (χ4v) is 2.57. The van der Waals surface area contributed by atoms with Crippen molar-refractivity contribution >= 4 is 11.8 Å². The zero-order valence-electron chi connectivity index (χ0n) is 13.3. The number of pyridine rings is 1. The summed E-state index contributed by atoms with van der Waals surface area (Å²) in [6.45, 7) is 7.22. The molecule has 1 aliphatic heterocycles. The third-order valence-corrected chi connectivity index (χ3v) is 3.60. The second kappa shape index (κ2) is 7.89. The lowest BCUT2D eigenvalue weighted by atomic mass is 10.2. The summed E-state index contributed by atoms with van der Waals surface area (Å²) in [4.78, 5) is 32.2. The summed E-state index contributed by atoms with van der Waals surface area (Å²) in [6, 6.07) is 3.71. The van der Waals surface area contributed by atoms with Gasteiger partial charge < -0.3 is 10.2 Å². The Hall–Kier alpha value is -1.95. The van der Waals surface area contributed by atoms with Crippen LogP contribution in [0, 0.1) is 0 Å². The molecule has 1 aromatic rings. The van der Waals surface area contributed by atoms with Gasteiger partial charge in [0.05, 0.1) is 12.1 Å². The number of amides is 2. The van der Waals surface area contributed by atoms with Crippen molar-refractivity contribution in [1.29, 1.82) is 0 Å². The Morgan fingerprint density at radius 2 is 2.09 bits per heavy atom. The predicted octanol–water partition coefficient (Wildman–Crippen LogP) is 0.754. The van der Waals surface area contributed by atoms with Crippen LogP contribution in [0.15, 0.2) is 24.5 Å². The largest absolute Gasteiger partial charge is 0.353 e. The number of rotatable bonds is 4. The number of hydrogen-bond acceptors (Lipinski definition) is 4. The molecule has 2 heterocycles. The van der Waals surface area contributed by atoms with Crippen molar-refractivity contribution in [3.05, 3.63) is 30.1 Å². The lowest BCUT2D eigenvalue weighted by molar-refractivity contribution is -0.122. The normalized spacial score (nSPS) is 16.4. The average molecular weight is 304 g/mol. The molecule has 1 saturated heterocycles. The van der Waals surface area contributed by atoms with Crippen LogP contribution < -0.4 is 5.32 Å². The maximum Gasteiger partial charge on any atom is 0.255 e. The molecule has 6 nitrogen and oxygen atoms in total. The second-order valence-electron chi connectivity index (χ2n) is 5.89. The highest BCUT2D eigenvalue weighted by atomic mass is 16.2. The van der Waals surface area contributed by atoms with E-state index in [0.29, 0.717) is 18.7 Å². The summed E-state index contributed by atoms with van der Waals surface area (Å²) in [6.07, 6.45) is 4.14. The van der Waals surface area contributed by atoms with E-state index in [9.17, 15) is 9.59 Å². The standard InChI is InChI=1S/C16H24N4O2/c1-13(2)18-15(21)12-19-7-4-8-20(10-9-19)16(22)14-5-3-6-17-11-14/h3,5-6,11,13H,4,7-10,12H2,1-2H3,(H,18,21). The van der Waals surface area contributed by atoms with Crippen LogP contribution in [0.5, 0.6) is 0 Å². The Morgan fingerprint density at radius 3 is 2.77 bits per heavy atom. The summed E-state index contributed by atoms with van der Waals surface area (Å²) in [7, 11) is 0. The third-order valence-electron chi connectivity index (χ3n) is 3.60. The van der Waals surface area contributed by atoms with E-state index in [1.165, 1.54) is 0 Å². The van der Waals surface area contributed by atoms with Crippen LogP contribution in [0.3, 0.4) is 0 Å². The maximum absolute atomic E-state index is 12.4. The molecule has 0 bridgehead atoms. The molecule has 0 aromatic carbocycles. The lowest BCUT2D eigenvalue weighted by Gasteiger charge is -2.22. The quantitative estimate of drug-likeness (QED) is 0.891. The van der Waals surface area contributed by atoms with E-state index in [1.54, 1.807) is 24.5 Å². The van der Waals surface area contributed by atoms with Crippen LogP contribution in [0.25, 0.3) is 0 Å². The van der Waals surface area contributed by atoms with Crippen molar-refractivity contribution in [2.24, 2.45) is 0 Å². The summed E-state index contributed by atoms with van der Waals surface area (Å²) >= 11 is 0. The minimum absolute atomic E-state index is 0.0154. The predicted molar refractivity (Wildman–Crippen MR) is 84.5 cm³/mol. The SMILES string of the molecule is CC(C)NC(=O)CN1CCCN(C(=O)c2cccnc2)CC1. The number of carbonyl (C=O) groups excluding carboxylic acids is 2. The third kappa shape index (κ3) is 4.80. The van der Waals surface area contributed by atoms with E-state index in [1.807, 2.05) is 18.7 Å². The van der Waals surface area contributed by atoms with E-state index >= 15 is 0 Å². The van der Waals surface area contributed by atoms with Gasteiger partial charge in [-0.3, -0.25) is 19.5 Å². The number of carbonyl (C=O) groups is 2. The van der Waals surface area contributed by atoms with Gasteiger partial charge in [0.1, 0.15) is 0 Å². The van der Waals surface area contributed by atoms with Crippen LogP contribution in [-0.4, -0.2) is 65.4 Å². The molecule has 0 aliphatic carbocycles. The summed E-state index contributed by atoms with van der Waals surface area (Å²) in [5.74, 6) is 0.0589. The van der Waals surface area contributed by atoms with Gasteiger partial charge in [-0.25, -0.2) is 0 Å². The Bertz CT molecular complexity index is 504. The summed E-state index contributed by atoms with van der Waals surface area (Å²) < 4.78 is 0. The van der Waals surface area contributed by atoms with Crippen molar-refractivity contribution in [3.63, 3.8) is 0 Å². The molecule has 2 amide bonds. The minimum Gasteiger partial charge on any atom is -0.353 e. The topological polar surface area (TPSA) is 65.5 Å². The van der Waals surface area contributed by atoms with Crippen LogP contribution >= 0.6 is 0 Å². The van der Waals surface area contributed by atoms with Gasteiger partial charge in [0.25, 0.3) is 5.91 Å². The zero-order valence-corrected chi connectivity index (χ0v) is 13.3. The fraction of sp³-hybridized carbons (Fsp3) is 0.562. The highest BCUT2D eigenvalue weighted by molar-refractivity contribution is 5.93. The van der Waals surface area contributed by atoms with E-state index in [-0.39, 0.29) is 17.9 Å². The number of nitrogens with zero attached hydrogens (tertiary/aromatic N) is 3. The summed E-state index contributed by atoms with van der Waals surface area (Å²) in [5.41, 5.74) is 0.619. The number of nitrogens with one attached hydrogen (secondary N) is 1. The molecular formula is C16H24N4O2. The summed E-state index contributed by atoms with van der Waals surface area (Å²) in [5, 5.41) is 2.90. The maximum atomic E-state index is 12.4. The van der Waals surface area contributed by atoms with Crippen molar-refractivity contribution in [1.82, 2.24) is 20.1 Å². The van der Waals surface area contributed by atoms with Crippen LogP contribution in [0.4, 0.5) is 0 Å². The zero-order chi connectivity index (χ0) is 15.9. The molecule has 120 valence electrons. The molecule has 22 heavy (non-hydrogen) atoms. The molecule has 1 N–H and O–H groups in total. The van der Waals surface area contributed by atoms with Gasteiger partial charge in [-0.2, -0.15) is 0 Å². The highest BCUT2D eigenvalue weighted by Gasteiger charge is 2.21. The molecule has 1 fully saturated rings. The Labute approximate surface area is 131 Å². The highest BCUT2D eigenvalue weighted by Crippen LogP contribution is 2.08. The van der Waals surface area contributed by atoms with Gasteiger partial charge in [-0.05, 0) is 32.4 Å². The first-order chi connectivity index (χ1) is 10.6. The van der Waals surface area contributed by atoms with Gasteiger partial charge in [0.2, 0.25) is 5.91 Å². The first-order valence-electron chi connectivity index (χ1n) is 7.77. The van der Waals surface area contributed by atoms with Gasteiger partial charge in [0.15, 0.2) is 0 Å². The molecule has 1 aromatic heterocycles. The van der Waals surface area contributed by atoms with Crippen LogP contribution in [-0.2, 0) is 4.79 Å². The monoisotopic (exact) mass is 304 g/mol. The van der Waals surface area contributed by atoms with Crippen molar-refractivity contribution in [3.8, 4) is 0 Å². The molecule has 0 saturated carbocycles. The van der Waals surface area contributed by atoms with E-state index in [2.05, 4.69) is 15.2 Å². The van der Waals surface area contributed by atoms with E-state index in [4.69, 9.17) is 0 Å². The lowest BCUT2D eigenvalue weighted by Crippen LogP contribution is -2.42. The van der Waals surface area contributed by atoms with Gasteiger partial charge in [-0.15, -0.1) is 0 Å². The Kier molecular flexibility index (Phi) is 5.89. The Morgan fingerprint density at radius 1 is 1.27 bits per heavy atom. The molecule has 6 heteroatoms. The molecule has 1 aliphatic rings. The van der Waals surface area contributed by atoms with Gasteiger partial charge in [-0.1, -0.05) is 0 Å². The molecule has 2 rings (SSSR count). The molecule has 0 unspecified atom stereocenters. The second-order valence-corrected chi connectivity index (χ2v) is 5.89. The van der Waals surface area contributed by atoms with Gasteiger partial charge in [0, 0.05) is 44.6 Å². The van der Waals surface area contributed by atoms with E-state index in [0.717, 1.165) is 26.1 Å². The molecule has 0 atom stereocenters. The first-order valence-corrected chi connectivity index (χ1v) is 7.77. The number of aromatic nitrogens is 1. The minimum atomic E-state index is 0.0154. The van der Waals surface area contributed by atoms with Crippen molar-refractivity contribution in [2.45, 2.75) is 26.3 Å². The Balaban J connectivity index is 1.87. The molecular weight excluding hydrogens is 280 g/mol. The van der Waals surface area contributed by atoms with Gasteiger partial charge >= 0.3 is 0 Å². The smallest absolute Gasteiger partial charge is 0.255 e.